The van der Waals surface area contributed by atoms with Crippen LogP contribution in [0, 0.1) is 6.92 Å². The number of nitrogens with zero attached hydrogens (tertiary/aromatic N) is 1. The first kappa shape index (κ1) is 14.4. The third-order valence-electron chi connectivity index (χ3n) is 3.51. The summed E-state index contributed by atoms with van der Waals surface area (Å²) in [5.41, 5.74) is 2.47. The van der Waals surface area contributed by atoms with Gasteiger partial charge in [-0.25, -0.2) is 0 Å². The van der Waals surface area contributed by atoms with Crippen molar-refractivity contribution in [2.24, 2.45) is 0 Å². The molecule has 1 saturated heterocycles. The van der Waals surface area contributed by atoms with Crippen LogP contribution in [0.2, 0.25) is 0 Å². The minimum Gasteiger partial charge on any atom is -0.341 e. The van der Waals surface area contributed by atoms with E-state index in [4.69, 9.17) is 0 Å². The molecular weight excluding hydrogens is 256 g/mol. The van der Waals surface area contributed by atoms with Crippen LogP contribution < -0.4 is 5.32 Å². The molecule has 0 aliphatic carbocycles. The molecule has 4 heteroatoms. The molecular formula is C15H22N2OS. The summed E-state index contributed by atoms with van der Waals surface area (Å²) in [6.45, 7) is 3.81. The second kappa shape index (κ2) is 6.96. The lowest BCUT2D eigenvalue weighted by Crippen LogP contribution is -2.41. The Balaban J connectivity index is 1.87. The zero-order valence-electron chi connectivity index (χ0n) is 11.7. The van der Waals surface area contributed by atoms with Gasteiger partial charge in [-0.15, -0.1) is 0 Å². The standard InChI is InChI=1S/C15H22N2OS/c1-12-5-3-4-6-13(12)10-17(2)15(18)9-14-11-19-8-7-16-14/h3-6,14,16H,7-11H2,1-2H3. The van der Waals surface area contributed by atoms with Crippen molar-refractivity contribution in [2.45, 2.75) is 25.9 Å². The average molecular weight is 278 g/mol. The number of rotatable bonds is 4. The van der Waals surface area contributed by atoms with Crippen molar-refractivity contribution >= 4 is 17.7 Å². The SMILES string of the molecule is Cc1ccccc1CN(C)C(=O)CC1CSCCN1. The van der Waals surface area contributed by atoms with E-state index in [1.54, 1.807) is 0 Å². The molecule has 1 fully saturated rings. The fourth-order valence-electron chi connectivity index (χ4n) is 2.25. The van der Waals surface area contributed by atoms with Gasteiger partial charge in [0.25, 0.3) is 0 Å². The molecule has 1 aliphatic rings. The smallest absolute Gasteiger partial charge is 0.224 e. The van der Waals surface area contributed by atoms with E-state index in [2.05, 4.69) is 24.4 Å². The second-order valence-corrected chi connectivity index (χ2v) is 6.26. The highest BCUT2D eigenvalue weighted by atomic mass is 32.2. The van der Waals surface area contributed by atoms with Crippen LogP contribution in [0.1, 0.15) is 17.5 Å². The maximum absolute atomic E-state index is 12.2. The Bertz CT molecular complexity index is 430. The van der Waals surface area contributed by atoms with Gasteiger partial charge in [-0.05, 0) is 18.1 Å². The van der Waals surface area contributed by atoms with Gasteiger partial charge in [-0.1, -0.05) is 24.3 Å². The fraction of sp³-hybridized carbons (Fsp3) is 0.533. The normalized spacial score (nSPS) is 19.2. The Labute approximate surface area is 119 Å². The minimum atomic E-state index is 0.225. The van der Waals surface area contributed by atoms with E-state index in [1.165, 1.54) is 11.1 Å². The Morgan fingerprint density at radius 2 is 2.26 bits per heavy atom. The maximum atomic E-state index is 12.2. The largest absolute Gasteiger partial charge is 0.341 e. The van der Waals surface area contributed by atoms with Crippen molar-refractivity contribution in [2.75, 3.05) is 25.1 Å². The zero-order chi connectivity index (χ0) is 13.7. The molecule has 1 N–H and O–H groups in total. The van der Waals surface area contributed by atoms with E-state index in [1.807, 2.05) is 35.8 Å². The number of benzene rings is 1. The summed E-state index contributed by atoms with van der Waals surface area (Å²) < 4.78 is 0. The molecule has 0 radical (unpaired) electrons. The van der Waals surface area contributed by atoms with Gasteiger partial charge >= 0.3 is 0 Å². The number of aryl methyl sites for hydroxylation is 1. The lowest BCUT2D eigenvalue weighted by atomic mass is 10.1. The van der Waals surface area contributed by atoms with Crippen LogP contribution in [0.3, 0.4) is 0 Å². The fourth-order valence-corrected chi connectivity index (χ4v) is 3.20. The first-order valence-electron chi connectivity index (χ1n) is 6.76. The summed E-state index contributed by atoms with van der Waals surface area (Å²) in [6.07, 6.45) is 0.607. The van der Waals surface area contributed by atoms with E-state index in [0.717, 1.165) is 18.1 Å². The van der Waals surface area contributed by atoms with E-state index in [-0.39, 0.29) is 5.91 Å². The first-order valence-corrected chi connectivity index (χ1v) is 7.92. The molecule has 1 unspecified atom stereocenters. The second-order valence-electron chi connectivity index (χ2n) is 5.11. The van der Waals surface area contributed by atoms with Gasteiger partial charge in [0.05, 0.1) is 0 Å². The summed E-state index contributed by atoms with van der Waals surface area (Å²) >= 11 is 1.93. The summed E-state index contributed by atoms with van der Waals surface area (Å²) in [4.78, 5) is 14.0. The van der Waals surface area contributed by atoms with Gasteiger partial charge in [0.1, 0.15) is 0 Å². The van der Waals surface area contributed by atoms with Crippen molar-refractivity contribution in [3.63, 3.8) is 0 Å². The van der Waals surface area contributed by atoms with Crippen LogP contribution in [0.25, 0.3) is 0 Å². The van der Waals surface area contributed by atoms with Crippen molar-refractivity contribution < 1.29 is 4.79 Å². The molecule has 1 aromatic rings. The van der Waals surface area contributed by atoms with Crippen LogP contribution >= 0.6 is 11.8 Å². The topological polar surface area (TPSA) is 32.3 Å². The minimum absolute atomic E-state index is 0.225. The molecule has 1 heterocycles. The molecule has 1 aromatic carbocycles. The van der Waals surface area contributed by atoms with Crippen LogP contribution in [0.15, 0.2) is 24.3 Å². The first-order chi connectivity index (χ1) is 9.16. The van der Waals surface area contributed by atoms with Gasteiger partial charge in [-0.2, -0.15) is 11.8 Å². The molecule has 0 saturated carbocycles. The van der Waals surface area contributed by atoms with Crippen LogP contribution in [-0.4, -0.2) is 41.9 Å². The van der Waals surface area contributed by atoms with Crippen molar-refractivity contribution in [3.8, 4) is 0 Å². The molecule has 1 aliphatic heterocycles. The van der Waals surface area contributed by atoms with Crippen LogP contribution in [0.5, 0.6) is 0 Å². The van der Waals surface area contributed by atoms with Gasteiger partial charge in [-0.3, -0.25) is 4.79 Å². The van der Waals surface area contributed by atoms with E-state index < -0.39 is 0 Å². The predicted octanol–water partition coefficient (Wildman–Crippen LogP) is 2.05. The highest BCUT2D eigenvalue weighted by Gasteiger charge is 2.19. The number of amides is 1. The third kappa shape index (κ3) is 4.25. The van der Waals surface area contributed by atoms with Crippen molar-refractivity contribution in [3.05, 3.63) is 35.4 Å². The molecule has 0 bridgehead atoms. The summed E-state index contributed by atoms with van der Waals surface area (Å²) in [7, 11) is 1.89. The third-order valence-corrected chi connectivity index (χ3v) is 4.64. The molecule has 2 rings (SSSR count). The van der Waals surface area contributed by atoms with Crippen molar-refractivity contribution in [1.29, 1.82) is 0 Å². The lowest BCUT2D eigenvalue weighted by Gasteiger charge is -2.25. The Morgan fingerprint density at radius 3 is 2.95 bits per heavy atom. The molecule has 19 heavy (non-hydrogen) atoms. The van der Waals surface area contributed by atoms with Gasteiger partial charge in [0, 0.05) is 44.1 Å². The predicted molar refractivity (Wildman–Crippen MR) is 81.4 cm³/mol. The van der Waals surface area contributed by atoms with Crippen LogP contribution in [-0.2, 0) is 11.3 Å². The van der Waals surface area contributed by atoms with E-state index in [9.17, 15) is 4.79 Å². The Kier molecular flexibility index (Phi) is 5.28. The van der Waals surface area contributed by atoms with E-state index in [0.29, 0.717) is 19.0 Å². The lowest BCUT2D eigenvalue weighted by molar-refractivity contribution is -0.130. The molecule has 0 aromatic heterocycles. The molecule has 0 spiro atoms. The Morgan fingerprint density at radius 1 is 1.47 bits per heavy atom. The van der Waals surface area contributed by atoms with Gasteiger partial charge < -0.3 is 10.2 Å². The molecule has 1 amide bonds. The van der Waals surface area contributed by atoms with Gasteiger partial charge in [0.2, 0.25) is 5.91 Å². The highest BCUT2D eigenvalue weighted by molar-refractivity contribution is 7.99. The monoisotopic (exact) mass is 278 g/mol. The average Bonchev–Trinajstić information content (AvgIpc) is 2.42. The zero-order valence-corrected chi connectivity index (χ0v) is 12.5. The number of hydrogen-bond acceptors (Lipinski definition) is 3. The maximum Gasteiger partial charge on any atom is 0.224 e. The number of carbonyl (C=O) groups is 1. The molecule has 3 nitrogen and oxygen atoms in total. The summed E-state index contributed by atoms with van der Waals surface area (Å²) in [5.74, 6) is 2.43. The van der Waals surface area contributed by atoms with E-state index >= 15 is 0 Å². The number of carbonyl (C=O) groups excluding carboxylic acids is 1. The summed E-state index contributed by atoms with van der Waals surface area (Å²) in [5, 5.41) is 3.41. The Hall–Kier alpha value is -1.000. The molecule has 1 atom stereocenters. The highest BCUT2D eigenvalue weighted by Crippen LogP contribution is 2.13. The quantitative estimate of drug-likeness (QED) is 0.915. The summed E-state index contributed by atoms with van der Waals surface area (Å²) in [6, 6.07) is 8.58. The molecule has 104 valence electrons. The number of thioether (sulfide) groups is 1. The van der Waals surface area contributed by atoms with Crippen molar-refractivity contribution in [1.82, 2.24) is 10.2 Å². The number of hydrogen-bond donors (Lipinski definition) is 1. The van der Waals surface area contributed by atoms with Gasteiger partial charge in [0.15, 0.2) is 0 Å². The number of nitrogens with one attached hydrogen (secondary N) is 1. The van der Waals surface area contributed by atoms with Crippen LogP contribution in [0.4, 0.5) is 0 Å².